The topological polar surface area (TPSA) is 226 Å². The number of anilines is 1. The van der Waals surface area contributed by atoms with Gasteiger partial charge in [-0.25, -0.2) is 15.0 Å². The van der Waals surface area contributed by atoms with E-state index in [4.69, 9.17) is 16.0 Å². The average molecular weight is 386 g/mol. The first-order valence-corrected chi connectivity index (χ1v) is 8.83. The highest BCUT2D eigenvalue weighted by Gasteiger charge is 2.67. The van der Waals surface area contributed by atoms with Gasteiger partial charge in [0.05, 0.1) is 18.5 Å². The summed E-state index contributed by atoms with van der Waals surface area (Å²) in [5, 5.41) is 21.1. The summed E-state index contributed by atoms with van der Waals surface area (Å²) in [5.41, 5.74) is 14.6. The molecule has 1 unspecified atom stereocenters. The largest absolute Gasteiger partial charge is 0.391 e. The molecule has 26 heavy (non-hydrogen) atoms. The minimum Gasteiger partial charge on any atom is -0.391 e. The number of hydrogen-bond donors (Lipinski definition) is 5. The number of ether oxygens (including phenoxy) is 1. The molecule has 2 aromatic rings. The van der Waals surface area contributed by atoms with Crippen LogP contribution in [-0.2, 0) is 9.30 Å². The van der Waals surface area contributed by atoms with Gasteiger partial charge in [0, 0.05) is 4.91 Å². The SMILES string of the molecule is CC(O)[C@H]1O[C@@H](n2cnc3c(N)ncnc32)[C@@](O)(P(=O)(O)O)[C@@H]1N=[N+]=[N-]. The minimum absolute atomic E-state index is 0.00476. The number of azide groups is 1. The summed E-state index contributed by atoms with van der Waals surface area (Å²) in [6, 6.07) is -1.78. The van der Waals surface area contributed by atoms with Gasteiger partial charge in [0.15, 0.2) is 17.7 Å². The lowest BCUT2D eigenvalue weighted by Crippen LogP contribution is -2.46. The van der Waals surface area contributed by atoms with Crippen LogP contribution in [-0.4, -0.2) is 63.1 Å². The maximum absolute atomic E-state index is 12.1. The molecule has 1 fully saturated rings. The van der Waals surface area contributed by atoms with E-state index in [0.29, 0.717) is 0 Å². The van der Waals surface area contributed by atoms with Gasteiger partial charge in [-0.15, -0.1) is 0 Å². The summed E-state index contributed by atoms with van der Waals surface area (Å²) in [4.78, 5) is 33.7. The molecular formula is C11H15N8O6P. The zero-order valence-corrected chi connectivity index (χ0v) is 14.1. The van der Waals surface area contributed by atoms with Gasteiger partial charge in [0.1, 0.15) is 17.9 Å². The maximum Gasteiger partial charge on any atom is 0.362 e. The number of nitrogen functional groups attached to an aromatic ring is 1. The number of aromatic nitrogens is 4. The van der Waals surface area contributed by atoms with E-state index < -0.39 is 37.4 Å². The molecule has 15 heteroatoms. The zero-order chi connectivity index (χ0) is 19.3. The van der Waals surface area contributed by atoms with E-state index in [1.807, 2.05) is 0 Å². The first kappa shape index (κ1) is 18.5. The molecular weight excluding hydrogens is 371 g/mol. The fraction of sp³-hybridized carbons (Fsp3) is 0.545. The molecule has 3 heterocycles. The van der Waals surface area contributed by atoms with Crippen LogP contribution >= 0.6 is 7.60 Å². The van der Waals surface area contributed by atoms with E-state index in [9.17, 15) is 24.6 Å². The number of nitrogens with two attached hydrogens (primary N) is 1. The molecule has 3 rings (SSSR count). The average Bonchev–Trinajstić information content (AvgIpc) is 3.09. The molecule has 0 spiro atoms. The molecule has 1 saturated heterocycles. The van der Waals surface area contributed by atoms with Crippen molar-refractivity contribution < 1.29 is 29.3 Å². The van der Waals surface area contributed by atoms with Crippen molar-refractivity contribution >= 4 is 24.6 Å². The summed E-state index contributed by atoms with van der Waals surface area (Å²) in [6.45, 7) is 1.26. The van der Waals surface area contributed by atoms with Crippen molar-refractivity contribution in [2.45, 2.75) is 36.7 Å². The van der Waals surface area contributed by atoms with Crippen molar-refractivity contribution in [3.63, 3.8) is 0 Å². The number of aliphatic hydroxyl groups is 2. The lowest BCUT2D eigenvalue weighted by molar-refractivity contribution is -0.0831. The molecule has 5 atom stereocenters. The molecule has 6 N–H and O–H groups in total. The number of aliphatic hydroxyl groups excluding tert-OH is 1. The minimum atomic E-state index is -5.34. The summed E-state index contributed by atoms with van der Waals surface area (Å²) in [5.74, 6) is 0.00476. The number of nitrogens with zero attached hydrogens (tertiary/aromatic N) is 7. The number of rotatable bonds is 4. The predicted molar refractivity (Wildman–Crippen MR) is 85.3 cm³/mol. The maximum atomic E-state index is 12.1. The van der Waals surface area contributed by atoms with Crippen LogP contribution in [0.3, 0.4) is 0 Å². The van der Waals surface area contributed by atoms with Crippen LogP contribution < -0.4 is 5.73 Å². The van der Waals surface area contributed by atoms with Crippen molar-refractivity contribution in [3.05, 3.63) is 23.1 Å². The highest BCUT2D eigenvalue weighted by atomic mass is 31.2. The van der Waals surface area contributed by atoms with Crippen LogP contribution in [0.2, 0.25) is 0 Å². The molecule has 0 bridgehead atoms. The van der Waals surface area contributed by atoms with E-state index >= 15 is 0 Å². The van der Waals surface area contributed by atoms with E-state index in [1.54, 1.807) is 0 Å². The summed E-state index contributed by atoms with van der Waals surface area (Å²) in [6.07, 6.45) is -2.29. The van der Waals surface area contributed by atoms with Crippen LogP contribution in [0.4, 0.5) is 5.82 Å². The first-order chi connectivity index (χ1) is 12.1. The van der Waals surface area contributed by atoms with Gasteiger partial charge >= 0.3 is 7.60 Å². The van der Waals surface area contributed by atoms with E-state index in [2.05, 4.69) is 25.0 Å². The molecule has 0 radical (unpaired) electrons. The molecule has 1 aliphatic rings. The highest BCUT2D eigenvalue weighted by Crippen LogP contribution is 2.62. The Morgan fingerprint density at radius 2 is 2.19 bits per heavy atom. The second-order valence-corrected chi connectivity index (χ2v) is 7.56. The Labute approximate surface area is 145 Å². The van der Waals surface area contributed by atoms with Crippen molar-refractivity contribution in [1.29, 1.82) is 0 Å². The Hall–Kier alpha value is -2.31. The van der Waals surface area contributed by atoms with Crippen molar-refractivity contribution in [3.8, 4) is 0 Å². The molecule has 0 saturated carbocycles. The van der Waals surface area contributed by atoms with Crippen LogP contribution in [0.5, 0.6) is 0 Å². The molecule has 140 valence electrons. The number of hydrogen-bond acceptors (Lipinski definition) is 9. The van der Waals surface area contributed by atoms with Crippen molar-refractivity contribution in [2.24, 2.45) is 5.11 Å². The third-order valence-electron chi connectivity index (χ3n) is 4.15. The summed E-state index contributed by atoms with van der Waals surface area (Å²) >= 11 is 0. The van der Waals surface area contributed by atoms with Crippen LogP contribution in [0.15, 0.2) is 17.8 Å². The second-order valence-electron chi connectivity index (χ2n) is 5.75. The van der Waals surface area contributed by atoms with E-state index in [0.717, 1.165) is 17.2 Å². The third kappa shape index (κ3) is 2.52. The number of imidazole rings is 1. The van der Waals surface area contributed by atoms with Crippen LogP contribution in [0.25, 0.3) is 21.6 Å². The Morgan fingerprint density at radius 3 is 2.77 bits per heavy atom. The molecule has 2 aromatic heterocycles. The monoisotopic (exact) mass is 386 g/mol. The van der Waals surface area contributed by atoms with Gasteiger partial charge in [0.2, 0.25) is 5.34 Å². The summed E-state index contributed by atoms with van der Waals surface area (Å²) in [7, 11) is -5.34. The van der Waals surface area contributed by atoms with Gasteiger partial charge in [-0.05, 0) is 12.5 Å². The molecule has 0 amide bonds. The van der Waals surface area contributed by atoms with Crippen LogP contribution in [0, 0.1) is 0 Å². The lowest BCUT2D eigenvalue weighted by Gasteiger charge is -2.32. The molecule has 0 aliphatic carbocycles. The highest BCUT2D eigenvalue weighted by molar-refractivity contribution is 7.53. The third-order valence-corrected chi connectivity index (χ3v) is 5.57. The molecule has 14 nitrogen and oxygen atoms in total. The quantitative estimate of drug-likeness (QED) is 0.191. The van der Waals surface area contributed by atoms with E-state index in [-0.39, 0.29) is 17.0 Å². The van der Waals surface area contributed by atoms with Crippen LogP contribution in [0.1, 0.15) is 13.2 Å². The second kappa shape index (κ2) is 6.14. The Bertz CT molecular complexity index is 938. The predicted octanol–water partition coefficient (Wildman–Crippen LogP) is -0.768. The Kier molecular flexibility index (Phi) is 4.37. The smallest absolute Gasteiger partial charge is 0.362 e. The van der Waals surface area contributed by atoms with Crippen molar-refractivity contribution in [2.75, 3.05) is 5.73 Å². The molecule has 1 aliphatic heterocycles. The first-order valence-electron chi connectivity index (χ1n) is 7.21. The fourth-order valence-electron chi connectivity index (χ4n) is 2.92. The van der Waals surface area contributed by atoms with Gasteiger partial charge in [0.25, 0.3) is 0 Å². The Morgan fingerprint density at radius 1 is 1.50 bits per heavy atom. The summed E-state index contributed by atoms with van der Waals surface area (Å²) < 4.78 is 18.6. The molecule has 0 aromatic carbocycles. The lowest BCUT2D eigenvalue weighted by atomic mass is 10.0. The van der Waals surface area contributed by atoms with Gasteiger partial charge in [-0.2, -0.15) is 0 Å². The van der Waals surface area contributed by atoms with Gasteiger partial charge < -0.3 is 30.5 Å². The van der Waals surface area contributed by atoms with Gasteiger partial charge in [-0.3, -0.25) is 9.13 Å². The van der Waals surface area contributed by atoms with Crippen molar-refractivity contribution in [1.82, 2.24) is 19.5 Å². The zero-order valence-electron chi connectivity index (χ0n) is 13.2. The van der Waals surface area contributed by atoms with E-state index in [1.165, 1.54) is 6.92 Å². The normalized spacial score (nSPS) is 30.3. The standard InChI is InChI=1S/C11H15N8O6P/c1-4(20)6-7(17-18-13)11(21,26(22,23)24)10(25-6)19-3-16-5-8(12)14-2-15-9(5)19/h2-4,6-7,10,20-21H,1H3,(H2,12,14,15)(H2,22,23,24)/t4?,6-,7-,10-,11+/m1/s1. The Balaban J connectivity index is 2.25. The number of fused-ring (bicyclic) bond motifs is 1. The van der Waals surface area contributed by atoms with Gasteiger partial charge in [-0.1, -0.05) is 5.11 Å². The fourth-order valence-corrected chi connectivity index (χ4v) is 3.94.